The number of nitrogens with zero attached hydrogens (tertiary/aromatic N) is 2. The van der Waals surface area contributed by atoms with E-state index in [1.165, 1.54) is 0 Å². The van der Waals surface area contributed by atoms with Crippen molar-refractivity contribution in [3.63, 3.8) is 0 Å². The minimum atomic E-state index is -0.237. The average molecular weight is 516 g/mol. The van der Waals surface area contributed by atoms with Crippen molar-refractivity contribution < 1.29 is 19.3 Å². The van der Waals surface area contributed by atoms with E-state index in [1.54, 1.807) is 12.0 Å². The van der Waals surface area contributed by atoms with Crippen LogP contribution in [0.3, 0.4) is 0 Å². The summed E-state index contributed by atoms with van der Waals surface area (Å²) in [6, 6.07) is 5.61. The van der Waals surface area contributed by atoms with Crippen LogP contribution in [0.1, 0.15) is 72.8 Å². The van der Waals surface area contributed by atoms with Crippen molar-refractivity contribution in [1.29, 1.82) is 5.41 Å². The van der Waals surface area contributed by atoms with Gasteiger partial charge in [-0.1, -0.05) is 20.3 Å². The van der Waals surface area contributed by atoms with Crippen LogP contribution in [0, 0.1) is 16.2 Å². The molecule has 0 radical (unpaired) electrons. The summed E-state index contributed by atoms with van der Waals surface area (Å²) in [5.41, 5.74) is 7.82. The topological polar surface area (TPSA) is 125 Å². The fourth-order valence-electron chi connectivity index (χ4n) is 3.85. The maximum atomic E-state index is 13.2. The Morgan fingerprint density at radius 1 is 1.16 bits per heavy atom. The van der Waals surface area contributed by atoms with E-state index in [1.807, 2.05) is 52.8 Å². The molecule has 1 aliphatic heterocycles. The van der Waals surface area contributed by atoms with E-state index in [0.29, 0.717) is 72.6 Å². The smallest absolute Gasteiger partial charge is 0.251 e. The highest BCUT2D eigenvalue weighted by Gasteiger charge is 2.28. The SMILES string of the molecule is CCCC(=N)/C(C)=C(\C)C(=O)NC(=C(C)CC)c1cc(NON2CC(CCON=O)C2)ccc1OCC. The first-order chi connectivity index (χ1) is 17.7. The first kappa shape index (κ1) is 30.0. The first-order valence-electron chi connectivity index (χ1n) is 12.9. The Balaban J connectivity index is 2.21. The average Bonchev–Trinajstić information content (AvgIpc) is 2.87. The summed E-state index contributed by atoms with van der Waals surface area (Å²) >= 11 is 0. The molecule has 1 aromatic rings. The van der Waals surface area contributed by atoms with Crippen molar-refractivity contribution in [2.75, 3.05) is 31.8 Å². The predicted octanol–water partition coefficient (Wildman–Crippen LogP) is 5.78. The number of hydroxylamine groups is 2. The highest BCUT2D eigenvalue weighted by Crippen LogP contribution is 2.32. The molecule has 0 bridgehead atoms. The third-order valence-corrected chi connectivity index (χ3v) is 6.49. The van der Waals surface area contributed by atoms with Crippen LogP contribution in [0.4, 0.5) is 5.69 Å². The highest BCUT2D eigenvalue weighted by atomic mass is 16.8. The van der Waals surface area contributed by atoms with E-state index in [0.717, 1.165) is 30.4 Å². The molecule has 0 atom stereocenters. The van der Waals surface area contributed by atoms with Gasteiger partial charge in [0.15, 0.2) is 5.34 Å². The highest BCUT2D eigenvalue weighted by molar-refractivity contribution is 6.08. The second kappa shape index (κ2) is 15.1. The number of nitrogens with one attached hydrogen (secondary N) is 3. The molecule has 0 unspecified atom stereocenters. The Bertz CT molecular complexity index is 1010. The van der Waals surface area contributed by atoms with Crippen LogP contribution in [0.25, 0.3) is 5.70 Å². The molecular weight excluding hydrogens is 474 g/mol. The molecule has 1 saturated heterocycles. The number of hydrogen-bond acceptors (Lipinski definition) is 9. The normalized spacial score (nSPS) is 15.2. The van der Waals surface area contributed by atoms with Gasteiger partial charge in [-0.25, -0.2) is 5.48 Å². The quantitative estimate of drug-likeness (QED) is 0.0838. The Morgan fingerprint density at radius 3 is 2.51 bits per heavy atom. The van der Waals surface area contributed by atoms with Crippen LogP contribution in [0.2, 0.25) is 0 Å². The second-order valence-electron chi connectivity index (χ2n) is 9.19. The maximum Gasteiger partial charge on any atom is 0.251 e. The molecule has 1 amide bonds. The molecule has 37 heavy (non-hydrogen) atoms. The van der Waals surface area contributed by atoms with Crippen molar-refractivity contribution in [3.8, 4) is 5.75 Å². The lowest BCUT2D eigenvalue weighted by atomic mass is 10.00. The van der Waals surface area contributed by atoms with Gasteiger partial charge in [-0.15, -0.1) is 4.91 Å². The van der Waals surface area contributed by atoms with Crippen LogP contribution in [0.15, 0.2) is 40.3 Å². The molecular formula is C27H41N5O5. The monoisotopic (exact) mass is 515 g/mol. The molecule has 0 aliphatic carbocycles. The number of hydrogen-bond donors (Lipinski definition) is 3. The van der Waals surface area contributed by atoms with E-state index in [9.17, 15) is 9.70 Å². The molecule has 1 heterocycles. The molecule has 10 heteroatoms. The van der Waals surface area contributed by atoms with Crippen molar-refractivity contribution in [2.24, 2.45) is 11.3 Å². The van der Waals surface area contributed by atoms with Crippen LogP contribution in [-0.4, -0.2) is 43.0 Å². The van der Waals surface area contributed by atoms with Gasteiger partial charge in [-0.2, -0.15) is 10.0 Å². The molecule has 1 aromatic carbocycles. The molecule has 2 rings (SSSR count). The number of allylic oxidation sites excluding steroid dienone is 2. The lowest BCUT2D eigenvalue weighted by molar-refractivity contribution is -0.200. The summed E-state index contributed by atoms with van der Waals surface area (Å²) in [5.74, 6) is 0.801. The van der Waals surface area contributed by atoms with E-state index in [4.69, 9.17) is 15.1 Å². The summed E-state index contributed by atoms with van der Waals surface area (Å²) in [5, 5.41) is 15.5. The molecule has 0 spiro atoms. The number of carbonyl (C=O) groups is 1. The van der Waals surface area contributed by atoms with Gasteiger partial charge in [0.25, 0.3) is 5.91 Å². The van der Waals surface area contributed by atoms with E-state index >= 15 is 0 Å². The number of ether oxygens (including phenoxy) is 1. The molecule has 10 nitrogen and oxygen atoms in total. The van der Waals surface area contributed by atoms with E-state index < -0.39 is 0 Å². The van der Waals surface area contributed by atoms with Gasteiger partial charge >= 0.3 is 0 Å². The molecule has 204 valence electrons. The second-order valence-corrected chi connectivity index (χ2v) is 9.19. The fourth-order valence-corrected chi connectivity index (χ4v) is 3.85. The third kappa shape index (κ3) is 8.68. The summed E-state index contributed by atoms with van der Waals surface area (Å²) in [4.78, 5) is 33.5. The standard InChI is InChI=1S/C27H41N5O5/c1-7-10-24(28)19(5)20(6)27(33)29-26(18(4)8-2)23-15-22(11-12-25(23)35-9-3)30-37-32-16-21(17-32)13-14-36-31-34/h11-12,15,21,28,30H,7-10,13-14,16-17H2,1-6H3,(H,29,33)/b20-19+,26-18?,28-24?. The molecule has 0 saturated carbocycles. The van der Waals surface area contributed by atoms with Gasteiger partial charge in [0, 0.05) is 29.9 Å². The Hall–Kier alpha value is -3.24. The summed E-state index contributed by atoms with van der Waals surface area (Å²) < 4.78 is 5.89. The lowest BCUT2D eigenvalue weighted by Crippen LogP contribution is -2.47. The van der Waals surface area contributed by atoms with Gasteiger partial charge in [-0.3, -0.25) is 4.79 Å². The van der Waals surface area contributed by atoms with Crippen molar-refractivity contribution in [3.05, 3.63) is 45.4 Å². The number of benzene rings is 1. The zero-order valence-electron chi connectivity index (χ0n) is 22.9. The summed E-state index contributed by atoms with van der Waals surface area (Å²) in [7, 11) is 0. The molecule has 1 fully saturated rings. The Kier molecular flexibility index (Phi) is 12.2. The lowest BCUT2D eigenvalue weighted by Gasteiger charge is -2.37. The number of rotatable bonds is 16. The predicted molar refractivity (Wildman–Crippen MR) is 146 cm³/mol. The number of anilines is 1. The van der Waals surface area contributed by atoms with E-state index in [2.05, 4.69) is 21.0 Å². The molecule has 0 aromatic heterocycles. The van der Waals surface area contributed by atoms with E-state index in [-0.39, 0.29) is 5.91 Å². The van der Waals surface area contributed by atoms with Crippen molar-refractivity contribution in [2.45, 2.75) is 67.2 Å². The minimum absolute atomic E-state index is 0.237. The van der Waals surface area contributed by atoms with Gasteiger partial charge in [0.05, 0.1) is 18.0 Å². The zero-order chi connectivity index (χ0) is 27.4. The van der Waals surface area contributed by atoms with Crippen molar-refractivity contribution >= 4 is 23.0 Å². The maximum absolute atomic E-state index is 13.2. The van der Waals surface area contributed by atoms with Crippen molar-refractivity contribution in [1.82, 2.24) is 10.4 Å². The van der Waals surface area contributed by atoms with Gasteiger partial charge in [0.1, 0.15) is 12.4 Å². The van der Waals surface area contributed by atoms with Gasteiger partial charge < -0.3 is 20.3 Å². The Labute approximate surface area is 219 Å². The molecule has 3 N–H and O–H groups in total. The van der Waals surface area contributed by atoms with Gasteiger partial charge in [-0.05, 0) is 82.2 Å². The third-order valence-electron chi connectivity index (χ3n) is 6.49. The Morgan fingerprint density at radius 2 is 1.89 bits per heavy atom. The van der Waals surface area contributed by atoms with Gasteiger partial charge in [0.2, 0.25) is 0 Å². The number of carbonyl (C=O) groups excluding carboxylic acids is 1. The summed E-state index contributed by atoms with van der Waals surface area (Å²) in [6.07, 6.45) is 2.97. The van der Waals surface area contributed by atoms with Crippen LogP contribution in [-0.2, 0) is 14.6 Å². The summed E-state index contributed by atoms with van der Waals surface area (Å²) in [6.45, 7) is 13.8. The van der Waals surface area contributed by atoms with Crippen LogP contribution in [0.5, 0.6) is 5.75 Å². The largest absolute Gasteiger partial charge is 0.493 e. The number of amides is 1. The first-order valence-corrected chi connectivity index (χ1v) is 12.9. The minimum Gasteiger partial charge on any atom is -0.493 e. The zero-order valence-corrected chi connectivity index (χ0v) is 22.9. The van der Waals surface area contributed by atoms with Crippen LogP contribution < -0.4 is 15.5 Å². The fraction of sp³-hybridized carbons (Fsp3) is 0.556. The van der Waals surface area contributed by atoms with Crippen LogP contribution >= 0.6 is 0 Å². The molecule has 1 aliphatic rings.